The van der Waals surface area contributed by atoms with E-state index in [2.05, 4.69) is 4.72 Å². The van der Waals surface area contributed by atoms with Crippen molar-refractivity contribution in [2.24, 2.45) is 0 Å². The van der Waals surface area contributed by atoms with Gasteiger partial charge >= 0.3 is 0 Å². The number of sulfonamides is 1. The Hall–Kier alpha value is -1.14. The van der Waals surface area contributed by atoms with Gasteiger partial charge in [-0.2, -0.15) is 0 Å². The van der Waals surface area contributed by atoms with Crippen molar-refractivity contribution in [2.75, 3.05) is 5.73 Å². The summed E-state index contributed by atoms with van der Waals surface area (Å²) in [4.78, 5) is 0.0551. The van der Waals surface area contributed by atoms with Gasteiger partial charge in [-0.3, -0.25) is 0 Å². The molecule has 1 saturated carbocycles. The van der Waals surface area contributed by atoms with E-state index in [0.29, 0.717) is 5.56 Å². The Morgan fingerprint density at radius 2 is 1.89 bits per heavy atom. The Kier molecular flexibility index (Phi) is 3.57. The average molecular weight is 286 g/mol. The Morgan fingerprint density at radius 1 is 1.32 bits per heavy atom. The standard InChI is InChI=1S/C13H19FN2O2S/c1-9-7-10(14)11(15)8-12(9)19(17,18)16-13(2)5-3-4-6-13/h7-8,16H,3-6,15H2,1-2H3. The van der Waals surface area contributed by atoms with E-state index in [-0.39, 0.29) is 10.6 Å². The molecule has 1 fully saturated rings. The van der Waals surface area contributed by atoms with Crippen LogP contribution in [0.5, 0.6) is 0 Å². The fraction of sp³-hybridized carbons (Fsp3) is 0.538. The summed E-state index contributed by atoms with van der Waals surface area (Å²) in [6.45, 7) is 3.47. The Balaban J connectivity index is 2.37. The minimum Gasteiger partial charge on any atom is -0.396 e. The molecule has 0 bridgehead atoms. The third-order valence-corrected chi connectivity index (χ3v) is 5.45. The summed E-state index contributed by atoms with van der Waals surface area (Å²) in [6, 6.07) is 2.34. The molecule has 0 unspecified atom stereocenters. The van der Waals surface area contributed by atoms with Gasteiger partial charge in [-0.25, -0.2) is 17.5 Å². The molecule has 1 aromatic rings. The van der Waals surface area contributed by atoms with Crippen LogP contribution in [-0.2, 0) is 10.0 Å². The highest BCUT2D eigenvalue weighted by Gasteiger charge is 2.34. The molecule has 19 heavy (non-hydrogen) atoms. The summed E-state index contributed by atoms with van der Waals surface area (Å²) < 4.78 is 40.8. The van der Waals surface area contributed by atoms with Gasteiger partial charge in [0, 0.05) is 5.54 Å². The molecule has 0 aliphatic heterocycles. The van der Waals surface area contributed by atoms with Gasteiger partial charge in [0.2, 0.25) is 10.0 Å². The van der Waals surface area contributed by atoms with E-state index < -0.39 is 21.4 Å². The number of rotatable bonds is 3. The first-order valence-electron chi connectivity index (χ1n) is 6.33. The highest BCUT2D eigenvalue weighted by Crippen LogP contribution is 2.31. The number of anilines is 1. The van der Waals surface area contributed by atoms with Crippen LogP contribution in [0.25, 0.3) is 0 Å². The maximum absolute atomic E-state index is 13.3. The third kappa shape index (κ3) is 2.90. The number of aryl methyl sites for hydroxylation is 1. The van der Waals surface area contributed by atoms with Gasteiger partial charge in [-0.15, -0.1) is 0 Å². The lowest BCUT2D eigenvalue weighted by Crippen LogP contribution is -2.43. The summed E-state index contributed by atoms with van der Waals surface area (Å²) in [7, 11) is -3.67. The minimum absolute atomic E-state index is 0.0551. The number of benzene rings is 1. The summed E-state index contributed by atoms with van der Waals surface area (Å²) in [5.74, 6) is -0.594. The Bertz CT molecular complexity index is 593. The monoisotopic (exact) mass is 286 g/mol. The fourth-order valence-corrected chi connectivity index (χ4v) is 4.32. The highest BCUT2D eigenvalue weighted by molar-refractivity contribution is 7.89. The molecule has 0 radical (unpaired) electrons. The second kappa shape index (κ2) is 4.76. The molecule has 0 amide bonds. The van der Waals surface area contributed by atoms with Crippen LogP contribution < -0.4 is 10.5 Å². The zero-order valence-electron chi connectivity index (χ0n) is 11.2. The molecule has 3 N–H and O–H groups in total. The van der Waals surface area contributed by atoms with E-state index in [0.717, 1.165) is 31.7 Å². The SMILES string of the molecule is Cc1cc(F)c(N)cc1S(=O)(=O)NC1(C)CCCC1. The van der Waals surface area contributed by atoms with Gasteiger partial charge in [0.15, 0.2) is 0 Å². The van der Waals surface area contributed by atoms with E-state index in [4.69, 9.17) is 5.73 Å². The molecule has 4 nitrogen and oxygen atoms in total. The van der Waals surface area contributed by atoms with Gasteiger partial charge in [0.1, 0.15) is 5.82 Å². The van der Waals surface area contributed by atoms with Crippen molar-refractivity contribution in [1.29, 1.82) is 0 Å². The van der Waals surface area contributed by atoms with Crippen LogP contribution in [0.2, 0.25) is 0 Å². The third-order valence-electron chi connectivity index (χ3n) is 3.67. The lowest BCUT2D eigenvalue weighted by Gasteiger charge is -2.25. The fourth-order valence-electron chi connectivity index (χ4n) is 2.59. The lowest BCUT2D eigenvalue weighted by molar-refractivity contribution is 0.427. The molecule has 1 aromatic carbocycles. The number of hydrogen-bond acceptors (Lipinski definition) is 3. The lowest BCUT2D eigenvalue weighted by atomic mass is 10.0. The van der Waals surface area contributed by atoms with Gasteiger partial charge < -0.3 is 5.73 Å². The van der Waals surface area contributed by atoms with E-state index in [1.807, 2.05) is 6.92 Å². The molecular weight excluding hydrogens is 267 g/mol. The molecule has 0 saturated heterocycles. The largest absolute Gasteiger partial charge is 0.396 e. The van der Waals surface area contributed by atoms with Crippen molar-refractivity contribution in [3.05, 3.63) is 23.5 Å². The molecule has 1 aliphatic rings. The van der Waals surface area contributed by atoms with Crippen molar-refractivity contribution in [1.82, 2.24) is 4.72 Å². The van der Waals surface area contributed by atoms with Crippen LogP contribution in [0.1, 0.15) is 38.2 Å². The molecule has 0 heterocycles. The average Bonchev–Trinajstić information content (AvgIpc) is 2.68. The van der Waals surface area contributed by atoms with Gasteiger partial charge in [-0.1, -0.05) is 12.8 Å². The maximum atomic E-state index is 13.3. The zero-order valence-corrected chi connectivity index (χ0v) is 12.0. The molecular formula is C13H19FN2O2S. The normalized spacial score (nSPS) is 18.7. The van der Waals surface area contributed by atoms with Crippen LogP contribution in [0.3, 0.4) is 0 Å². The van der Waals surface area contributed by atoms with Crippen molar-refractivity contribution >= 4 is 15.7 Å². The molecule has 0 atom stereocenters. The van der Waals surface area contributed by atoms with E-state index in [1.54, 1.807) is 6.92 Å². The smallest absolute Gasteiger partial charge is 0.241 e. The first kappa shape index (κ1) is 14.3. The van der Waals surface area contributed by atoms with Crippen LogP contribution >= 0.6 is 0 Å². The second-order valence-corrected chi connectivity index (χ2v) is 7.16. The first-order valence-corrected chi connectivity index (χ1v) is 7.81. The minimum atomic E-state index is -3.67. The number of nitrogens with two attached hydrogens (primary N) is 1. The summed E-state index contributed by atoms with van der Waals surface area (Å²) >= 11 is 0. The maximum Gasteiger partial charge on any atom is 0.241 e. The molecule has 2 rings (SSSR count). The zero-order chi connectivity index (χ0) is 14.3. The van der Waals surface area contributed by atoms with Crippen LogP contribution in [-0.4, -0.2) is 14.0 Å². The van der Waals surface area contributed by atoms with E-state index in [1.165, 1.54) is 6.07 Å². The number of nitrogen functional groups attached to an aromatic ring is 1. The van der Waals surface area contributed by atoms with Gasteiger partial charge in [-0.05, 0) is 44.4 Å². The number of halogens is 1. The summed E-state index contributed by atoms with van der Waals surface area (Å²) in [6.07, 6.45) is 3.68. The predicted molar refractivity (Wildman–Crippen MR) is 72.7 cm³/mol. The van der Waals surface area contributed by atoms with E-state index >= 15 is 0 Å². The van der Waals surface area contributed by atoms with Crippen molar-refractivity contribution < 1.29 is 12.8 Å². The van der Waals surface area contributed by atoms with Crippen LogP contribution in [0.4, 0.5) is 10.1 Å². The highest BCUT2D eigenvalue weighted by atomic mass is 32.2. The molecule has 0 aromatic heterocycles. The second-order valence-electron chi connectivity index (χ2n) is 5.51. The van der Waals surface area contributed by atoms with Crippen molar-refractivity contribution in [3.63, 3.8) is 0 Å². The molecule has 106 valence electrons. The number of hydrogen-bond donors (Lipinski definition) is 2. The van der Waals surface area contributed by atoms with Crippen LogP contribution in [0, 0.1) is 12.7 Å². The first-order chi connectivity index (χ1) is 8.73. The quantitative estimate of drug-likeness (QED) is 0.838. The van der Waals surface area contributed by atoms with Gasteiger partial charge in [0.25, 0.3) is 0 Å². The van der Waals surface area contributed by atoms with Crippen molar-refractivity contribution in [3.8, 4) is 0 Å². The molecule has 1 aliphatic carbocycles. The Labute approximate surface area is 113 Å². The predicted octanol–water partition coefficient (Wildman–Crippen LogP) is 2.33. The topological polar surface area (TPSA) is 72.2 Å². The van der Waals surface area contributed by atoms with Gasteiger partial charge in [0.05, 0.1) is 10.6 Å². The van der Waals surface area contributed by atoms with Crippen molar-refractivity contribution in [2.45, 2.75) is 50.0 Å². The molecule has 0 spiro atoms. The molecule has 6 heteroatoms. The Morgan fingerprint density at radius 3 is 2.47 bits per heavy atom. The summed E-state index contributed by atoms with van der Waals surface area (Å²) in [5.41, 5.74) is 5.26. The number of nitrogens with one attached hydrogen (secondary N) is 1. The van der Waals surface area contributed by atoms with E-state index in [9.17, 15) is 12.8 Å². The van der Waals surface area contributed by atoms with Crippen LogP contribution in [0.15, 0.2) is 17.0 Å². The summed E-state index contributed by atoms with van der Waals surface area (Å²) in [5, 5.41) is 0.